The summed E-state index contributed by atoms with van der Waals surface area (Å²) in [6, 6.07) is 12.6. The minimum absolute atomic E-state index is 0.294. The van der Waals surface area contributed by atoms with Gasteiger partial charge in [0.25, 0.3) is 0 Å². The van der Waals surface area contributed by atoms with Gasteiger partial charge in [-0.1, -0.05) is 37.2 Å². The van der Waals surface area contributed by atoms with Gasteiger partial charge in [0.05, 0.1) is 16.9 Å². The molecule has 0 saturated heterocycles. The Hall–Kier alpha value is -2.62. The summed E-state index contributed by atoms with van der Waals surface area (Å²) >= 11 is 0. The fraction of sp³-hybridized carbons (Fsp3) is 0.300. The van der Waals surface area contributed by atoms with Gasteiger partial charge in [-0.2, -0.15) is 5.10 Å². The molecular formula is C20H21N3O. The Bertz CT molecular complexity index is 1010. The first kappa shape index (κ1) is 14.9. The Morgan fingerprint density at radius 1 is 1.17 bits per heavy atom. The monoisotopic (exact) mass is 319 g/mol. The summed E-state index contributed by atoms with van der Waals surface area (Å²) in [5.41, 5.74) is 6.73. The molecule has 2 heterocycles. The number of hydrogen-bond acceptors (Lipinski definition) is 3. The summed E-state index contributed by atoms with van der Waals surface area (Å²) in [4.78, 5) is 0. The van der Waals surface area contributed by atoms with E-state index in [0.29, 0.717) is 5.92 Å². The zero-order chi connectivity index (χ0) is 16.7. The van der Waals surface area contributed by atoms with Crippen molar-refractivity contribution in [2.24, 2.45) is 0 Å². The number of para-hydroxylation sites is 1. The second kappa shape index (κ2) is 5.78. The van der Waals surface area contributed by atoms with Crippen LogP contribution in [0.25, 0.3) is 21.9 Å². The highest BCUT2D eigenvalue weighted by atomic mass is 16.5. The van der Waals surface area contributed by atoms with Crippen molar-refractivity contribution in [1.82, 2.24) is 15.4 Å². The van der Waals surface area contributed by atoms with Crippen molar-refractivity contribution >= 4 is 21.9 Å². The normalized spacial score (nSPS) is 13.0. The van der Waals surface area contributed by atoms with Gasteiger partial charge in [0.1, 0.15) is 0 Å². The maximum absolute atomic E-state index is 5.46. The summed E-state index contributed by atoms with van der Waals surface area (Å²) in [6.07, 6.45) is 1.87. The molecule has 4 rings (SSSR count). The number of rotatable bonds is 4. The molecule has 0 radical (unpaired) electrons. The van der Waals surface area contributed by atoms with Crippen molar-refractivity contribution in [1.29, 1.82) is 0 Å². The molecular weight excluding hydrogens is 298 g/mol. The van der Waals surface area contributed by atoms with E-state index < -0.39 is 0 Å². The van der Waals surface area contributed by atoms with Crippen LogP contribution in [0.1, 0.15) is 42.3 Å². The van der Waals surface area contributed by atoms with Crippen molar-refractivity contribution in [2.75, 3.05) is 0 Å². The van der Waals surface area contributed by atoms with E-state index in [1.165, 1.54) is 16.5 Å². The van der Waals surface area contributed by atoms with E-state index in [1.54, 1.807) is 0 Å². The SMILES string of the molecule is CCc1n[nH]c2c(C)cc(CC(C)c3noc4ccccc34)cc12. The topological polar surface area (TPSA) is 54.7 Å². The largest absolute Gasteiger partial charge is 0.356 e. The summed E-state index contributed by atoms with van der Waals surface area (Å²) in [5, 5.41) is 14.3. The number of aromatic nitrogens is 3. The highest BCUT2D eigenvalue weighted by Crippen LogP contribution is 2.29. The van der Waals surface area contributed by atoms with Crippen LogP contribution in [-0.4, -0.2) is 15.4 Å². The molecule has 0 fully saturated rings. The van der Waals surface area contributed by atoms with Gasteiger partial charge in [-0.15, -0.1) is 0 Å². The lowest BCUT2D eigenvalue weighted by atomic mass is 9.94. The molecule has 0 amide bonds. The van der Waals surface area contributed by atoms with E-state index in [2.05, 4.69) is 54.3 Å². The molecule has 4 nitrogen and oxygen atoms in total. The lowest BCUT2D eigenvalue weighted by molar-refractivity contribution is 0.439. The number of aromatic amines is 1. The lowest BCUT2D eigenvalue weighted by Crippen LogP contribution is -2.00. The Kier molecular flexibility index (Phi) is 3.60. The van der Waals surface area contributed by atoms with Gasteiger partial charge < -0.3 is 4.52 Å². The van der Waals surface area contributed by atoms with Crippen LogP contribution in [0, 0.1) is 6.92 Å². The summed E-state index contributed by atoms with van der Waals surface area (Å²) in [6.45, 7) is 6.49. The van der Waals surface area contributed by atoms with Crippen LogP contribution in [0.15, 0.2) is 40.9 Å². The maximum Gasteiger partial charge on any atom is 0.167 e. The Morgan fingerprint density at radius 2 is 2.00 bits per heavy atom. The number of benzene rings is 2. The first-order valence-corrected chi connectivity index (χ1v) is 8.48. The zero-order valence-corrected chi connectivity index (χ0v) is 14.3. The van der Waals surface area contributed by atoms with Crippen LogP contribution in [0.5, 0.6) is 0 Å². The summed E-state index contributed by atoms with van der Waals surface area (Å²) in [5.74, 6) is 0.294. The zero-order valence-electron chi connectivity index (χ0n) is 14.3. The molecule has 2 aromatic carbocycles. The maximum atomic E-state index is 5.46. The predicted molar refractivity (Wildman–Crippen MR) is 96.3 cm³/mol. The average Bonchev–Trinajstić information content (AvgIpc) is 3.18. The second-order valence-electron chi connectivity index (χ2n) is 6.53. The molecule has 0 aliphatic carbocycles. The number of aryl methyl sites for hydroxylation is 2. The smallest absolute Gasteiger partial charge is 0.167 e. The van der Waals surface area contributed by atoms with Gasteiger partial charge in [0, 0.05) is 16.7 Å². The Morgan fingerprint density at radius 3 is 2.83 bits per heavy atom. The summed E-state index contributed by atoms with van der Waals surface area (Å²) < 4.78 is 5.46. The number of nitrogens with one attached hydrogen (secondary N) is 1. The molecule has 0 aliphatic heterocycles. The minimum Gasteiger partial charge on any atom is -0.356 e. The molecule has 0 spiro atoms. The highest BCUT2D eigenvalue weighted by molar-refractivity contribution is 5.85. The molecule has 1 N–H and O–H groups in total. The van der Waals surface area contributed by atoms with E-state index >= 15 is 0 Å². The third-order valence-electron chi connectivity index (χ3n) is 4.76. The Balaban J connectivity index is 1.70. The highest BCUT2D eigenvalue weighted by Gasteiger charge is 2.16. The van der Waals surface area contributed by atoms with Crippen molar-refractivity contribution in [3.8, 4) is 0 Å². The van der Waals surface area contributed by atoms with E-state index in [4.69, 9.17) is 4.52 Å². The number of fused-ring (bicyclic) bond motifs is 2. The van der Waals surface area contributed by atoms with Gasteiger partial charge in [-0.3, -0.25) is 5.10 Å². The molecule has 4 aromatic rings. The van der Waals surface area contributed by atoms with Gasteiger partial charge >= 0.3 is 0 Å². The fourth-order valence-electron chi connectivity index (χ4n) is 3.52. The number of nitrogens with zero attached hydrogens (tertiary/aromatic N) is 2. The molecule has 1 unspecified atom stereocenters. The van der Waals surface area contributed by atoms with Crippen LogP contribution in [0.2, 0.25) is 0 Å². The molecule has 0 aliphatic rings. The fourth-order valence-corrected chi connectivity index (χ4v) is 3.52. The van der Waals surface area contributed by atoms with Crippen LogP contribution >= 0.6 is 0 Å². The van der Waals surface area contributed by atoms with Crippen LogP contribution < -0.4 is 0 Å². The van der Waals surface area contributed by atoms with Crippen LogP contribution in [0.3, 0.4) is 0 Å². The van der Waals surface area contributed by atoms with E-state index in [1.807, 2.05) is 18.2 Å². The molecule has 24 heavy (non-hydrogen) atoms. The summed E-state index contributed by atoms with van der Waals surface area (Å²) in [7, 11) is 0. The minimum atomic E-state index is 0.294. The molecule has 0 bridgehead atoms. The van der Waals surface area contributed by atoms with Gasteiger partial charge in [-0.25, -0.2) is 0 Å². The quantitative estimate of drug-likeness (QED) is 0.581. The standard InChI is InChI=1S/C20H21N3O/c1-4-17-16-11-14(9-12(2)19(16)22-21-17)10-13(3)20-15-7-5-6-8-18(15)24-23-20/h5-9,11,13H,4,10H2,1-3H3,(H,21,22). The third-order valence-corrected chi connectivity index (χ3v) is 4.76. The second-order valence-corrected chi connectivity index (χ2v) is 6.53. The first-order valence-electron chi connectivity index (χ1n) is 8.48. The average molecular weight is 319 g/mol. The van der Waals surface area contributed by atoms with Crippen LogP contribution in [-0.2, 0) is 12.8 Å². The van der Waals surface area contributed by atoms with Crippen molar-refractivity contribution in [3.05, 3.63) is 58.9 Å². The predicted octanol–water partition coefficient (Wildman–Crippen LogP) is 4.92. The number of hydrogen-bond donors (Lipinski definition) is 1. The molecule has 122 valence electrons. The lowest BCUT2D eigenvalue weighted by Gasteiger charge is -2.10. The molecule has 2 aromatic heterocycles. The van der Waals surface area contributed by atoms with E-state index in [0.717, 1.165) is 40.7 Å². The molecule has 1 atom stereocenters. The first-order chi connectivity index (χ1) is 11.7. The molecule has 0 saturated carbocycles. The van der Waals surface area contributed by atoms with Gasteiger partial charge in [0.2, 0.25) is 0 Å². The van der Waals surface area contributed by atoms with Crippen molar-refractivity contribution in [3.63, 3.8) is 0 Å². The van der Waals surface area contributed by atoms with Crippen molar-refractivity contribution < 1.29 is 4.52 Å². The van der Waals surface area contributed by atoms with E-state index in [-0.39, 0.29) is 0 Å². The molecule has 4 heteroatoms. The van der Waals surface area contributed by atoms with Crippen LogP contribution in [0.4, 0.5) is 0 Å². The van der Waals surface area contributed by atoms with E-state index in [9.17, 15) is 0 Å². The van der Waals surface area contributed by atoms with Gasteiger partial charge in [0.15, 0.2) is 5.58 Å². The van der Waals surface area contributed by atoms with Crippen molar-refractivity contribution in [2.45, 2.75) is 39.5 Å². The number of H-pyrrole nitrogens is 1. The third kappa shape index (κ3) is 2.39. The van der Waals surface area contributed by atoms with Gasteiger partial charge in [-0.05, 0) is 49.1 Å². The Labute approximate surface area is 140 Å².